The van der Waals surface area contributed by atoms with Crippen LogP contribution in [0.3, 0.4) is 0 Å². The molecular weight excluding hydrogens is 328 g/mol. The number of carbonyl (C=O) groups excluding carboxylic acids is 2. The summed E-state index contributed by atoms with van der Waals surface area (Å²) >= 11 is 5.86. The smallest absolute Gasteiger partial charge is 0.310 e. The average molecular weight is 353 g/mol. The van der Waals surface area contributed by atoms with Crippen LogP contribution < -0.4 is 5.32 Å². The number of nitrogens with one attached hydrogen (secondary N) is 1. The van der Waals surface area contributed by atoms with Crippen LogP contribution in [0.15, 0.2) is 24.3 Å². The minimum absolute atomic E-state index is 0.0329. The molecule has 132 valence electrons. The Morgan fingerprint density at radius 3 is 2.75 bits per heavy atom. The lowest BCUT2D eigenvalue weighted by molar-refractivity contribution is -0.151. The van der Waals surface area contributed by atoms with Gasteiger partial charge in [-0.2, -0.15) is 0 Å². The number of likely N-dealkylation sites (tertiary alicyclic amines) is 1. The van der Waals surface area contributed by atoms with E-state index in [0.717, 1.165) is 24.9 Å². The fraction of sp³-hybridized carbons (Fsp3) is 0.556. The fourth-order valence-corrected chi connectivity index (χ4v) is 3.04. The van der Waals surface area contributed by atoms with Gasteiger partial charge in [0.15, 0.2) is 0 Å². The van der Waals surface area contributed by atoms with Gasteiger partial charge in [-0.05, 0) is 50.9 Å². The zero-order valence-electron chi connectivity index (χ0n) is 14.3. The summed E-state index contributed by atoms with van der Waals surface area (Å²) in [6.07, 6.45) is 1.73. The molecule has 5 nitrogen and oxygen atoms in total. The average Bonchev–Trinajstić information content (AvgIpc) is 2.60. The molecule has 1 fully saturated rings. The molecule has 1 aliphatic heterocycles. The van der Waals surface area contributed by atoms with E-state index in [0.29, 0.717) is 24.7 Å². The number of esters is 1. The van der Waals surface area contributed by atoms with E-state index in [1.54, 1.807) is 12.1 Å². The first-order valence-electron chi connectivity index (χ1n) is 8.44. The maximum absolute atomic E-state index is 12.4. The van der Waals surface area contributed by atoms with Gasteiger partial charge in [0, 0.05) is 18.1 Å². The number of hydrogen-bond donors (Lipinski definition) is 1. The molecule has 1 heterocycles. The van der Waals surface area contributed by atoms with Gasteiger partial charge >= 0.3 is 5.97 Å². The zero-order valence-corrected chi connectivity index (χ0v) is 15.0. The third-order valence-corrected chi connectivity index (χ3v) is 4.63. The van der Waals surface area contributed by atoms with E-state index in [1.807, 2.05) is 26.0 Å². The molecule has 0 radical (unpaired) electrons. The molecule has 2 unspecified atom stereocenters. The lowest BCUT2D eigenvalue weighted by Crippen LogP contribution is -2.50. The number of halogens is 1. The van der Waals surface area contributed by atoms with Gasteiger partial charge in [-0.15, -0.1) is 0 Å². The van der Waals surface area contributed by atoms with Crippen molar-refractivity contribution in [2.24, 2.45) is 5.92 Å². The van der Waals surface area contributed by atoms with Crippen LogP contribution in [0.25, 0.3) is 0 Å². The maximum atomic E-state index is 12.4. The number of rotatable bonds is 6. The number of nitrogens with zero attached hydrogens (tertiary/aromatic N) is 1. The quantitative estimate of drug-likeness (QED) is 0.799. The summed E-state index contributed by atoms with van der Waals surface area (Å²) in [4.78, 5) is 26.4. The Balaban J connectivity index is 1.85. The third kappa shape index (κ3) is 5.21. The second kappa shape index (κ2) is 9.04. The van der Waals surface area contributed by atoms with E-state index in [4.69, 9.17) is 16.3 Å². The molecule has 0 spiro atoms. The molecule has 0 saturated carbocycles. The second-order valence-corrected chi connectivity index (χ2v) is 6.54. The molecule has 6 heteroatoms. The molecule has 1 saturated heterocycles. The first-order chi connectivity index (χ1) is 11.5. The highest BCUT2D eigenvalue weighted by molar-refractivity contribution is 6.30. The Bertz CT molecular complexity index is 562. The minimum atomic E-state index is -0.269. The first kappa shape index (κ1) is 18.7. The zero-order chi connectivity index (χ0) is 17.5. The predicted octanol–water partition coefficient (Wildman–Crippen LogP) is 2.62. The van der Waals surface area contributed by atoms with Crippen molar-refractivity contribution < 1.29 is 14.3 Å². The molecule has 1 aromatic carbocycles. The van der Waals surface area contributed by atoms with E-state index >= 15 is 0 Å². The summed E-state index contributed by atoms with van der Waals surface area (Å²) in [6.45, 7) is 5.96. The van der Waals surface area contributed by atoms with Crippen molar-refractivity contribution in [3.63, 3.8) is 0 Å². The Kier molecular flexibility index (Phi) is 7.06. The molecule has 2 rings (SSSR count). The van der Waals surface area contributed by atoms with E-state index in [9.17, 15) is 9.59 Å². The Hall–Kier alpha value is -1.59. The predicted molar refractivity (Wildman–Crippen MR) is 93.7 cm³/mol. The highest BCUT2D eigenvalue weighted by atomic mass is 35.5. The van der Waals surface area contributed by atoms with Crippen LogP contribution in [0.2, 0.25) is 5.02 Å². The van der Waals surface area contributed by atoms with Crippen molar-refractivity contribution in [2.45, 2.75) is 39.3 Å². The normalized spacial score (nSPS) is 19.5. The van der Waals surface area contributed by atoms with Crippen LogP contribution in [-0.2, 0) is 20.9 Å². The first-order valence-corrected chi connectivity index (χ1v) is 8.82. The van der Waals surface area contributed by atoms with E-state index in [-0.39, 0.29) is 23.8 Å². The lowest BCUT2D eigenvalue weighted by Gasteiger charge is -2.35. The molecule has 1 aromatic rings. The highest BCUT2D eigenvalue weighted by Crippen LogP contribution is 2.20. The van der Waals surface area contributed by atoms with Crippen molar-refractivity contribution in [3.8, 4) is 0 Å². The summed E-state index contributed by atoms with van der Waals surface area (Å²) in [7, 11) is 0. The number of hydrogen-bond acceptors (Lipinski definition) is 4. The largest absolute Gasteiger partial charge is 0.466 e. The van der Waals surface area contributed by atoms with Crippen molar-refractivity contribution in [3.05, 3.63) is 34.9 Å². The molecule has 0 aromatic heterocycles. The number of amides is 1. The van der Waals surface area contributed by atoms with E-state index in [1.165, 1.54) is 0 Å². The van der Waals surface area contributed by atoms with Crippen LogP contribution >= 0.6 is 11.6 Å². The molecule has 1 amide bonds. The van der Waals surface area contributed by atoms with Gasteiger partial charge in [0.1, 0.15) is 0 Å². The molecular formula is C18H25ClN2O3. The van der Waals surface area contributed by atoms with Crippen molar-refractivity contribution >= 4 is 23.5 Å². The second-order valence-electron chi connectivity index (χ2n) is 6.11. The SMILES string of the molecule is CCOC(=O)C1CCCN(C(C)C(=O)NCc2ccc(Cl)cc2)C1. The van der Waals surface area contributed by atoms with Gasteiger partial charge in [-0.3, -0.25) is 14.5 Å². The molecule has 24 heavy (non-hydrogen) atoms. The number of benzene rings is 1. The molecule has 2 atom stereocenters. The van der Waals surface area contributed by atoms with Crippen molar-refractivity contribution in [2.75, 3.05) is 19.7 Å². The van der Waals surface area contributed by atoms with Gasteiger partial charge in [0.2, 0.25) is 5.91 Å². The standard InChI is InChI=1S/C18H25ClN2O3/c1-3-24-18(23)15-5-4-10-21(12-15)13(2)17(22)20-11-14-6-8-16(19)9-7-14/h6-9,13,15H,3-5,10-12H2,1-2H3,(H,20,22). The Morgan fingerprint density at radius 1 is 1.38 bits per heavy atom. The number of piperidine rings is 1. The summed E-state index contributed by atoms with van der Waals surface area (Å²) in [5.74, 6) is -0.323. The summed E-state index contributed by atoms with van der Waals surface area (Å²) in [6, 6.07) is 7.13. The van der Waals surface area contributed by atoms with Crippen molar-refractivity contribution in [1.82, 2.24) is 10.2 Å². The van der Waals surface area contributed by atoms with Gasteiger partial charge in [-0.1, -0.05) is 23.7 Å². The highest BCUT2D eigenvalue weighted by Gasteiger charge is 2.31. The third-order valence-electron chi connectivity index (χ3n) is 4.38. The fourth-order valence-electron chi connectivity index (χ4n) is 2.92. The minimum Gasteiger partial charge on any atom is -0.466 e. The van der Waals surface area contributed by atoms with Gasteiger partial charge in [0.25, 0.3) is 0 Å². The van der Waals surface area contributed by atoms with Crippen LogP contribution in [0.4, 0.5) is 0 Å². The Labute approximate surface area is 148 Å². The van der Waals surface area contributed by atoms with Gasteiger partial charge in [-0.25, -0.2) is 0 Å². The topological polar surface area (TPSA) is 58.6 Å². The molecule has 1 aliphatic rings. The summed E-state index contributed by atoms with van der Waals surface area (Å²) in [5, 5.41) is 3.62. The van der Waals surface area contributed by atoms with Gasteiger partial charge < -0.3 is 10.1 Å². The van der Waals surface area contributed by atoms with Crippen molar-refractivity contribution in [1.29, 1.82) is 0 Å². The van der Waals surface area contributed by atoms with Crippen LogP contribution in [-0.4, -0.2) is 42.5 Å². The van der Waals surface area contributed by atoms with Crippen LogP contribution in [0, 0.1) is 5.92 Å². The molecule has 0 aliphatic carbocycles. The molecule has 0 bridgehead atoms. The number of ether oxygens (including phenoxy) is 1. The lowest BCUT2D eigenvalue weighted by atomic mass is 9.97. The van der Waals surface area contributed by atoms with Gasteiger partial charge in [0.05, 0.1) is 18.6 Å². The summed E-state index contributed by atoms with van der Waals surface area (Å²) in [5.41, 5.74) is 1.00. The van der Waals surface area contributed by atoms with E-state index in [2.05, 4.69) is 10.2 Å². The number of carbonyl (C=O) groups is 2. The monoisotopic (exact) mass is 352 g/mol. The Morgan fingerprint density at radius 2 is 2.08 bits per heavy atom. The van der Waals surface area contributed by atoms with E-state index < -0.39 is 0 Å². The molecule has 1 N–H and O–H groups in total. The van der Waals surface area contributed by atoms with Crippen LogP contribution in [0.1, 0.15) is 32.3 Å². The van der Waals surface area contributed by atoms with Crippen LogP contribution in [0.5, 0.6) is 0 Å². The maximum Gasteiger partial charge on any atom is 0.310 e. The summed E-state index contributed by atoms with van der Waals surface area (Å²) < 4.78 is 5.11.